The lowest BCUT2D eigenvalue weighted by molar-refractivity contribution is 0.611. The van der Waals surface area contributed by atoms with Crippen LogP contribution in [0.25, 0.3) is 0 Å². The van der Waals surface area contributed by atoms with Crippen LogP contribution >= 0.6 is 23.2 Å². The number of alkyl halides is 1. The first-order valence-corrected chi connectivity index (χ1v) is 6.44. The number of pyridine rings is 1. The highest BCUT2D eigenvalue weighted by Gasteiger charge is 2.11. The highest BCUT2D eigenvalue weighted by Crippen LogP contribution is 2.23. The topological polar surface area (TPSA) is 16.1 Å². The third kappa shape index (κ3) is 3.26. The number of rotatable bonds is 5. The van der Waals surface area contributed by atoms with Gasteiger partial charge in [-0.2, -0.15) is 0 Å². The lowest BCUT2D eigenvalue weighted by Crippen LogP contribution is -2.29. The molecule has 1 heterocycles. The molecule has 1 aromatic heterocycles. The summed E-state index contributed by atoms with van der Waals surface area (Å²) in [6.45, 7) is 4.38. The number of hydrogen-bond donors (Lipinski definition) is 0. The van der Waals surface area contributed by atoms with Gasteiger partial charge in [0.1, 0.15) is 5.82 Å². The predicted molar refractivity (Wildman–Crippen MR) is 71.6 cm³/mol. The van der Waals surface area contributed by atoms with E-state index < -0.39 is 0 Å². The zero-order valence-corrected chi connectivity index (χ0v) is 11.5. The number of aromatic nitrogens is 1. The van der Waals surface area contributed by atoms with Crippen molar-refractivity contribution < 1.29 is 0 Å². The van der Waals surface area contributed by atoms with E-state index in [1.807, 2.05) is 6.07 Å². The van der Waals surface area contributed by atoms with Gasteiger partial charge in [-0.05, 0) is 25.0 Å². The van der Waals surface area contributed by atoms with E-state index in [1.54, 1.807) is 6.20 Å². The number of hydrogen-bond acceptors (Lipinski definition) is 2. The van der Waals surface area contributed by atoms with Crippen LogP contribution in [0.1, 0.15) is 32.3 Å². The Bertz CT molecular complexity index is 342. The van der Waals surface area contributed by atoms with Crippen LogP contribution in [0.4, 0.5) is 5.82 Å². The summed E-state index contributed by atoms with van der Waals surface area (Å²) in [7, 11) is 2.05. The van der Waals surface area contributed by atoms with Crippen LogP contribution in [0, 0.1) is 0 Å². The van der Waals surface area contributed by atoms with Crippen molar-refractivity contribution in [3.63, 3.8) is 0 Å². The van der Waals surface area contributed by atoms with Crippen LogP contribution in [0.5, 0.6) is 0 Å². The van der Waals surface area contributed by atoms with E-state index in [9.17, 15) is 0 Å². The molecule has 90 valence electrons. The molecule has 0 saturated heterocycles. The minimum atomic E-state index is 0.421. The third-order valence-electron chi connectivity index (χ3n) is 2.79. The lowest BCUT2D eigenvalue weighted by Gasteiger charge is -2.26. The quantitative estimate of drug-likeness (QED) is 0.742. The molecule has 1 rings (SSSR count). The van der Waals surface area contributed by atoms with E-state index >= 15 is 0 Å². The molecule has 0 radical (unpaired) electrons. The molecule has 0 aliphatic heterocycles. The van der Waals surface area contributed by atoms with Crippen molar-refractivity contribution in [3.05, 3.63) is 22.8 Å². The van der Waals surface area contributed by atoms with Crippen LogP contribution in [0.2, 0.25) is 5.02 Å². The summed E-state index contributed by atoms with van der Waals surface area (Å²) >= 11 is 11.8. The second kappa shape index (κ2) is 6.31. The molecule has 0 aliphatic rings. The van der Waals surface area contributed by atoms with Gasteiger partial charge < -0.3 is 4.90 Å². The minimum absolute atomic E-state index is 0.421. The fraction of sp³-hybridized carbons (Fsp3) is 0.583. The Morgan fingerprint density at radius 1 is 1.50 bits per heavy atom. The summed E-state index contributed by atoms with van der Waals surface area (Å²) in [6, 6.07) is 2.43. The van der Waals surface area contributed by atoms with Crippen molar-refractivity contribution in [1.29, 1.82) is 0 Å². The Balaban J connectivity index is 2.87. The van der Waals surface area contributed by atoms with Crippen LogP contribution in [-0.2, 0) is 5.88 Å². The molecule has 0 aliphatic carbocycles. The van der Waals surface area contributed by atoms with Crippen molar-refractivity contribution in [1.82, 2.24) is 4.98 Å². The molecule has 4 heteroatoms. The second-order valence-corrected chi connectivity index (χ2v) is 4.69. The maximum atomic E-state index is 5.98. The Kier molecular flexibility index (Phi) is 5.36. The predicted octanol–water partition coefficient (Wildman–Crippen LogP) is 4.10. The SMILES string of the molecule is CCCC(C)N(C)c1cc(CCl)c(Cl)cn1. The molecular formula is C12H18Cl2N2. The molecule has 1 unspecified atom stereocenters. The monoisotopic (exact) mass is 260 g/mol. The molecule has 0 fully saturated rings. The van der Waals surface area contributed by atoms with Gasteiger partial charge in [0.15, 0.2) is 0 Å². The fourth-order valence-corrected chi connectivity index (χ4v) is 2.06. The molecule has 1 atom stereocenters. The molecule has 0 bridgehead atoms. The summed E-state index contributed by atoms with van der Waals surface area (Å²) < 4.78 is 0. The van der Waals surface area contributed by atoms with E-state index in [0.29, 0.717) is 16.9 Å². The standard InChI is InChI=1S/C12H18Cl2N2/c1-4-5-9(2)16(3)12-6-10(7-13)11(14)8-15-12/h6,8-9H,4-5,7H2,1-3H3. The Morgan fingerprint density at radius 2 is 2.19 bits per heavy atom. The molecule has 0 spiro atoms. The van der Waals surface area contributed by atoms with Crippen LogP contribution < -0.4 is 4.90 Å². The van der Waals surface area contributed by atoms with Crippen molar-refractivity contribution in [2.24, 2.45) is 0 Å². The average molecular weight is 261 g/mol. The van der Waals surface area contributed by atoms with E-state index in [4.69, 9.17) is 23.2 Å². The van der Waals surface area contributed by atoms with E-state index in [-0.39, 0.29) is 0 Å². The highest BCUT2D eigenvalue weighted by molar-refractivity contribution is 6.32. The molecule has 0 aromatic carbocycles. The largest absolute Gasteiger partial charge is 0.357 e. The Hall–Kier alpha value is -0.470. The molecule has 1 aromatic rings. The highest BCUT2D eigenvalue weighted by atomic mass is 35.5. The van der Waals surface area contributed by atoms with Gasteiger partial charge in [-0.1, -0.05) is 24.9 Å². The Labute approximate surface area is 108 Å². The van der Waals surface area contributed by atoms with E-state index in [1.165, 1.54) is 6.42 Å². The van der Waals surface area contributed by atoms with Gasteiger partial charge in [0.25, 0.3) is 0 Å². The average Bonchev–Trinajstić information content (AvgIpc) is 2.29. The van der Waals surface area contributed by atoms with Crippen molar-refractivity contribution in [2.75, 3.05) is 11.9 Å². The van der Waals surface area contributed by atoms with Crippen LogP contribution in [-0.4, -0.2) is 18.1 Å². The first kappa shape index (κ1) is 13.6. The maximum Gasteiger partial charge on any atom is 0.128 e. The smallest absolute Gasteiger partial charge is 0.128 e. The molecular weight excluding hydrogens is 243 g/mol. The fourth-order valence-electron chi connectivity index (χ4n) is 1.60. The minimum Gasteiger partial charge on any atom is -0.357 e. The molecule has 16 heavy (non-hydrogen) atoms. The van der Waals surface area contributed by atoms with E-state index in [0.717, 1.165) is 17.8 Å². The van der Waals surface area contributed by atoms with Gasteiger partial charge in [-0.3, -0.25) is 0 Å². The van der Waals surface area contributed by atoms with Crippen molar-refractivity contribution in [2.45, 2.75) is 38.6 Å². The first-order chi connectivity index (χ1) is 7.60. The molecule has 0 N–H and O–H groups in total. The summed E-state index contributed by atoms with van der Waals surface area (Å²) in [5.41, 5.74) is 0.934. The summed E-state index contributed by atoms with van der Waals surface area (Å²) in [4.78, 5) is 6.49. The van der Waals surface area contributed by atoms with Gasteiger partial charge in [-0.15, -0.1) is 11.6 Å². The van der Waals surface area contributed by atoms with Gasteiger partial charge >= 0.3 is 0 Å². The van der Waals surface area contributed by atoms with E-state index in [2.05, 4.69) is 30.8 Å². The molecule has 0 saturated carbocycles. The summed E-state index contributed by atoms with van der Waals surface area (Å²) in [6.07, 6.45) is 3.99. The van der Waals surface area contributed by atoms with Crippen molar-refractivity contribution in [3.8, 4) is 0 Å². The van der Waals surface area contributed by atoms with Gasteiger partial charge in [0.2, 0.25) is 0 Å². The van der Waals surface area contributed by atoms with Gasteiger partial charge in [0, 0.05) is 25.2 Å². The number of anilines is 1. The number of halogens is 2. The lowest BCUT2D eigenvalue weighted by atomic mass is 10.1. The third-order valence-corrected chi connectivity index (χ3v) is 3.42. The first-order valence-electron chi connectivity index (χ1n) is 5.53. The molecule has 0 amide bonds. The van der Waals surface area contributed by atoms with Crippen molar-refractivity contribution >= 4 is 29.0 Å². The number of nitrogens with zero attached hydrogens (tertiary/aromatic N) is 2. The zero-order chi connectivity index (χ0) is 12.1. The zero-order valence-electron chi connectivity index (χ0n) is 10.0. The van der Waals surface area contributed by atoms with Crippen LogP contribution in [0.15, 0.2) is 12.3 Å². The molecule has 2 nitrogen and oxygen atoms in total. The normalized spacial score (nSPS) is 12.6. The van der Waals surface area contributed by atoms with Gasteiger partial charge in [-0.25, -0.2) is 4.98 Å². The second-order valence-electron chi connectivity index (χ2n) is 4.02. The summed E-state index contributed by atoms with van der Waals surface area (Å²) in [5.74, 6) is 1.35. The maximum absolute atomic E-state index is 5.98. The Morgan fingerprint density at radius 3 is 2.75 bits per heavy atom. The van der Waals surface area contributed by atoms with Crippen LogP contribution in [0.3, 0.4) is 0 Å². The summed E-state index contributed by atoms with van der Waals surface area (Å²) in [5, 5.41) is 0.635. The van der Waals surface area contributed by atoms with Gasteiger partial charge in [0.05, 0.1) is 5.02 Å².